The number of aliphatic hydroxyl groups is 1. The standard InChI is InChI=1S/C22H27ClF3N5O/c1-2-17-11-20(22(24,25)26)28-21(27-17)31-13-18(19(32)14-31)30-9-7-29(8-10-30)12-15-3-5-16(23)6-4-15/h3-6,11,18-19,32H,2,7-10,12-14H2,1H3/t18-,19-/m1/s1. The van der Waals surface area contributed by atoms with Gasteiger partial charge in [-0.25, -0.2) is 9.97 Å². The van der Waals surface area contributed by atoms with Crippen LogP contribution in [0.15, 0.2) is 30.3 Å². The van der Waals surface area contributed by atoms with Gasteiger partial charge in [0.15, 0.2) is 0 Å². The lowest BCUT2D eigenvalue weighted by Crippen LogP contribution is -2.53. The summed E-state index contributed by atoms with van der Waals surface area (Å²) >= 11 is 5.95. The third-order valence-corrected chi connectivity index (χ3v) is 6.41. The second-order valence-electron chi connectivity index (χ2n) is 8.37. The highest BCUT2D eigenvalue weighted by Crippen LogP contribution is 2.30. The van der Waals surface area contributed by atoms with Crippen molar-refractivity contribution in [3.8, 4) is 0 Å². The third-order valence-electron chi connectivity index (χ3n) is 6.16. The van der Waals surface area contributed by atoms with E-state index in [4.69, 9.17) is 11.6 Å². The molecule has 1 aromatic carbocycles. The predicted molar refractivity (Wildman–Crippen MR) is 117 cm³/mol. The first-order valence-electron chi connectivity index (χ1n) is 10.8. The van der Waals surface area contributed by atoms with Crippen LogP contribution in [-0.2, 0) is 19.1 Å². The molecule has 2 atom stereocenters. The third kappa shape index (κ3) is 5.33. The first kappa shape index (κ1) is 23.2. The van der Waals surface area contributed by atoms with E-state index in [0.717, 1.165) is 38.8 Å². The van der Waals surface area contributed by atoms with Gasteiger partial charge in [0.2, 0.25) is 5.95 Å². The van der Waals surface area contributed by atoms with Gasteiger partial charge in [-0.15, -0.1) is 0 Å². The molecule has 0 aliphatic carbocycles. The van der Waals surface area contributed by atoms with Crippen molar-refractivity contribution in [2.45, 2.75) is 38.2 Å². The Morgan fingerprint density at radius 1 is 1.06 bits per heavy atom. The number of aliphatic hydroxyl groups excluding tert-OH is 1. The molecule has 1 aromatic heterocycles. The Hall–Kier alpha value is -1.94. The first-order valence-corrected chi connectivity index (χ1v) is 11.2. The fourth-order valence-corrected chi connectivity index (χ4v) is 4.47. The van der Waals surface area contributed by atoms with Crippen molar-refractivity contribution >= 4 is 17.5 Å². The SMILES string of the molecule is CCc1cc(C(F)(F)F)nc(N2C[C@@H](O)[C@H](N3CCN(Cc4ccc(Cl)cc4)CC3)C2)n1. The highest BCUT2D eigenvalue weighted by atomic mass is 35.5. The summed E-state index contributed by atoms with van der Waals surface area (Å²) in [5.74, 6) is 0.0413. The molecule has 6 nitrogen and oxygen atoms in total. The lowest BCUT2D eigenvalue weighted by atomic mass is 10.1. The summed E-state index contributed by atoms with van der Waals surface area (Å²) in [4.78, 5) is 14.3. The number of β-amino-alcohol motifs (C(OH)–C–C–N with tert-alkyl or cyclic N) is 1. The number of alkyl halides is 3. The van der Waals surface area contributed by atoms with Gasteiger partial charge in [0.25, 0.3) is 0 Å². The number of aromatic nitrogens is 2. The zero-order valence-corrected chi connectivity index (χ0v) is 18.6. The van der Waals surface area contributed by atoms with Crippen LogP contribution < -0.4 is 4.90 Å². The molecule has 1 N–H and O–H groups in total. The lowest BCUT2D eigenvalue weighted by Gasteiger charge is -2.38. The minimum Gasteiger partial charge on any atom is -0.390 e. The molecular weight excluding hydrogens is 443 g/mol. The maximum Gasteiger partial charge on any atom is 0.433 e. The monoisotopic (exact) mass is 469 g/mol. The van der Waals surface area contributed by atoms with E-state index in [1.54, 1.807) is 11.8 Å². The Morgan fingerprint density at radius 2 is 1.75 bits per heavy atom. The van der Waals surface area contributed by atoms with E-state index in [1.165, 1.54) is 5.56 Å². The summed E-state index contributed by atoms with van der Waals surface area (Å²) in [5, 5.41) is 11.4. The van der Waals surface area contributed by atoms with E-state index in [9.17, 15) is 18.3 Å². The number of hydrogen-bond donors (Lipinski definition) is 1. The zero-order valence-electron chi connectivity index (χ0n) is 17.9. The fraction of sp³-hybridized carbons (Fsp3) is 0.545. The van der Waals surface area contributed by atoms with Crippen molar-refractivity contribution in [1.82, 2.24) is 19.8 Å². The van der Waals surface area contributed by atoms with Gasteiger partial charge in [0, 0.05) is 56.5 Å². The van der Waals surface area contributed by atoms with Gasteiger partial charge in [-0.1, -0.05) is 30.7 Å². The molecule has 2 saturated heterocycles. The average Bonchev–Trinajstić information content (AvgIpc) is 3.16. The second kappa shape index (κ2) is 9.51. The largest absolute Gasteiger partial charge is 0.433 e. The predicted octanol–water partition coefficient (Wildman–Crippen LogP) is 3.08. The summed E-state index contributed by atoms with van der Waals surface area (Å²) in [6, 6.07) is 8.65. The number of benzene rings is 1. The van der Waals surface area contributed by atoms with Crippen molar-refractivity contribution < 1.29 is 18.3 Å². The highest BCUT2D eigenvalue weighted by molar-refractivity contribution is 6.30. The zero-order chi connectivity index (χ0) is 22.9. The summed E-state index contributed by atoms with van der Waals surface area (Å²) in [7, 11) is 0. The molecule has 2 aliphatic heterocycles. The molecule has 3 heterocycles. The van der Waals surface area contributed by atoms with Crippen LogP contribution in [0.5, 0.6) is 0 Å². The summed E-state index contributed by atoms with van der Waals surface area (Å²) < 4.78 is 39.8. The van der Waals surface area contributed by atoms with E-state index in [2.05, 4.69) is 19.8 Å². The van der Waals surface area contributed by atoms with Crippen LogP contribution in [0.3, 0.4) is 0 Å². The van der Waals surface area contributed by atoms with Crippen LogP contribution in [0.4, 0.5) is 19.1 Å². The van der Waals surface area contributed by atoms with Gasteiger partial charge >= 0.3 is 6.18 Å². The van der Waals surface area contributed by atoms with Crippen molar-refractivity contribution in [3.63, 3.8) is 0 Å². The molecule has 174 valence electrons. The van der Waals surface area contributed by atoms with Crippen molar-refractivity contribution in [2.75, 3.05) is 44.2 Å². The molecule has 4 rings (SSSR count). The number of anilines is 1. The topological polar surface area (TPSA) is 55.7 Å². The van der Waals surface area contributed by atoms with E-state index in [0.29, 0.717) is 23.7 Å². The first-order chi connectivity index (χ1) is 15.2. The Labute approximate surface area is 190 Å². The number of piperazine rings is 1. The van der Waals surface area contributed by atoms with Crippen molar-refractivity contribution in [3.05, 3.63) is 52.3 Å². The van der Waals surface area contributed by atoms with Crippen LogP contribution in [0.25, 0.3) is 0 Å². The molecule has 32 heavy (non-hydrogen) atoms. The molecule has 0 radical (unpaired) electrons. The van der Waals surface area contributed by atoms with Crippen LogP contribution >= 0.6 is 11.6 Å². The molecule has 0 saturated carbocycles. The van der Waals surface area contributed by atoms with Gasteiger partial charge in [-0.2, -0.15) is 13.2 Å². The second-order valence-corrected chi connectivity index (χ2v) is 8.81. The Bertz CT molecular complexity index is 919. The fourth-order valence-electron chi connectivity index (χ4n) is 4.34. The van der Waals surface area contributed by atoms with Gasteiger partial charge in [0.1, 0.15) is 5.69 Å². The number of rotatable bonds is 5. The molecule has 0 amide bonds. The number of halogens is 4. The molecule has 0 unspecified atom stereocenters. The Kier molecular flexibility index (Phi) is 6.90. The minimum absolute atomic E-state index is 0.0413. The number of aryl methyl sites for hydroxylation is 1. The van der Waals surface area contributed by atoms with Crippen molar-refractivity contribution in [1.29, 1.82) is 0 Å². The van der Waals surface area contributed by atoms with E-state index < -0.39 is 18.0 Å². The van der Waals surface area contributed by atoms with E-state index in [1.807, 2.05) is 24.3 Å². The Morgan fingerprint density at radius 3 is 2.38 bits per heavy atom. The molecule has 2 fully saturated rings. The van der Waals surface area contributed by atoms with Gasteiger partial charge in [0.05, 0.1) is 12.1 Å². The lowest BCUT2D eigenvalue weighted by molar-refractivity contribution is -0.141. The molecular formula is C22H27ClF3N5O. The van der Waals surface area contributed by atoms with Crippen molar-refractivity contribution in [2.24, 2.45) is 0 Å². The normalized spacial score (nSPS) is 23.1. The van der Waals surface area contributed by atoms with E-state index >= 15 is 0 Å². The summed E-state index contributed by atoms with van der Waals surface area (Å²) in [6.07, 6.45) is -4.81. The van der Waals surface area contributed by atoms with Gasteiger partial charge in [-0.3, -0.25) is 9.80 Å². The van der Waals surface area contributed by atoms with Crippen LogP contribution in [0, 0.1) is 0 Å². The minimum atomic E-state index is -4.53. The molecule has 2 aromatic rings. The molecule has 0 bridgehead atoms. The highest BCUT2D eigenvalue weighted by Gasteiger charge is 2.39. The van der Waals surface area contributed by atoms with Gasteiger partial charge < -0.3 is 10.0 Å². The quantitative estimate of drug-likeness (QED) is 0.726. The number of nitrogens with zero attached hydrogens (tertiary/aromatic N) is 5. The van der Waals surface area contributed by atoms with Gasteiger partial charge in [-0.05, 0) is 30.2 Å². The van der Waals surface area contributed by atoms with E-state index in [-0.39, 0.29) is 18.5 Å². The van der Waals surface area contributed by atoms with Crippen LogP contribution in [0.1, 0.15) is 23.9 Å². The van der Waals surface area contributed by atoms with Crippen LogP contribution in [-0.4, -0.2) is 76.3 Å². The smallest absolute Gasteiger partial charge is 0.390 e. The summed E-state index contributed by atoms with van der Waals surface area (Å²) in [6.45, 7) is 6.50. The maximum absolute atomic E-state index is 13.3. The number of hydrogen-bond acceptors (Lipinski definition) is 6. The summed E-state index contributed by atoms with van der Waals surface area (Å²) in [5.41, 5.74) is 0.604. The average molecular weight is 470 g/mol. The maximum atomic E-state index is 13.3. The molecule has 2 aliphatic rings. The van der Waals surface area contributed by atoms with Crippen LogP contribution in [0.2, 0.25) is 5.02 Å². The molecule has 0 spiro atoms. The Balaban J connectivity index is 1.38. The molecule has 10 heteroatoms.